The highest BCUT2D eigenvalue weighted by molar-refractivity contribution is 5.97. The van der Waals surface area contributed by atoms with Crippen LogP contribution in [0.1, 0.15) is 25.6 Å². The van der Waals surface area contributed by atoms with Crippen LogP contribution in [0.25, 0.3) is 0 Å². The molecule has 4 rings (SSSR count). The van der Waals surface area contributed by atoms with Gasteiger partial charge in [0, 0.05) is 64.9 Å². The number of aromatic nitrogens is 4. The van der Waals surface area contributed by atoms with Gasteiger partial charge in [0.25, 0.3) is 0 Å². The van der Waals surface area contributed by atoms with Crippen LogP contribution in [0.5, 0.6) is 0 Å². The van der Waals surface area contributed by atoms with E-state index in [0.29, 0.717) is 0 Å². The molecule has 0 aromatic carbocycles. The summed E-state index contributed by atoms with van der Waals surface area (Å²) in [4.78, 5) is 24.3. The first-order chi connectivity index (χ1) is 13.2. The normalized spacial score (nSPS) is 22.5. The maximum atomic E-state index is 13.1. The fourth-order valence-electron chi connectivity index (χ4n) is 4.21. The number of amides is 1. The number of aryl methyl sites for hydroxylation is 2. The van der Waals surface area contributed by atoms with E-state index >= 15 is 0 Å². The van der Waals surface area contributed by atoms with Crippen LogP contribution >= 0.6 is 0 Å². The van der Waals surface area contributed by atoms with Crippen molar-refractivity contribution in [1.29, 1.82) is 0 Å². The predicted molar refractivity (Wildman–Crippen MR) is 103 cm³/mol. The Labute approximate surface area is 160 Å². The van der Waals surface area contributed by atoms with Crippen LogP contribution in [0.15, 0.2) is 24.8 Å². The Kier molecular flexibility index (Phi) is 5.27. The van der Waals surface area contributed by atoms with E-state index in [1.165, 1.54) is 0 Å². The lowest BCUT2D eigenvalue weighted by atomic mass is 10.0. The summed E-state index contributed by atoms with van der Waals surface area (Å²) in [7, 11) is 1.89. The van der Waals surface area contributed by atoms with Gasteiger partial charge in [-0.25, -0.2) is 4.98 Å². The molecule has 2 aliphatic rings. The minimum absolute atomic E-state index is 0.00117. The smallest absolute Gasteiger partial charge is 0.244 e. The summed E-state index contributed by atoms with van der Waals surface area (Å²) in [6.07, 6.45) is 9.62. The Morgan fingerprint density at radius 3 is 2.70 bits per heavy atom. The second-order valence-corrected chi connectivity index (χ2v) is 7.46. The van der Waals surface area contributed by atoms with Gasteiger partial charge in [-0.3, -0.25) is 19.3 Å². The highest BCUT2D eigenvalue weighted by Gasteiger charge is 2.35. The van der Waals surface area contributed by atoms with E-state index in [4.69, 9.17) is 0 Å². The zero-order chi connectivity index (χ0) is 18.8. The van der Waals surface area contributed by atoms with Crippen molar-refractivity contribution in [3.63, 3.8) is 0 Å². The Morgan fingerprint density at radius 2 is 2.00 bits per heavy atom. The number of hydrogen-bond acceptors (Lipinski definition) is 5. The summed E-state index contributed by atoms with van der Waals surface area (Å²) in [6, 6.07) is -0.00117. The Morgan fingerprint density at radius 1 is 1.19 bits per heavy atom. The van der Waals surface area contributed by atoms with Crippen molar-refractivity contribution in [2.45, 2.75) is 38.9 Å². The molecule has 8 nitrogen and oxygen atoms in total. The maximum absolute atomic E-state index is 13.1. The lowest BCUT2D eigenvalue weighted by Gasteiger charge is -2.42. The van der Waals surface area contributed by atoms with Gasteiger partial charge < -0.3 is 9.47 Å². The fraction of sp³-hybridized carbons (Fsp3) is 0.632. The monoisotopic (exact) mass is 371 g/mol. The highest BCUT2D eigenvalue weighted by Crippen LogP contribution is 2.24. The van der Waals surface area contributed by atoms with Gasteiger partial charge in [-0.05, 0) is 19.8 Å². The molecule has 27 heavy (non-hydrogen) atoms. The third-order valence-electron chi connectivity index (χ3n) is 5.77. The van der Waals surface area contributed by atoms with E-state index in [2.05, 4.69) is 31.4 Å². The number of imidazole rings is 1. The molecule has 1 amide bonds. The number of carbonyl (C=O) groups is 1. The molecular formula is C19H29N7O. The van der Waals surface area contributed by atoms with Crippen molar-refractivity contribution in [2.24, 2.45) is 7.05 Å². The average Bonchev–Trinajstić information content (AvgIpc) is 3.31. The van der Waals surface area contributed by atoms with Crippen molar-refractivity contribution < 1.29 is 4.79 Å². The largest absolute Gasteiger partial charge is 0.334 e. The molecule has 2 fully saturated rings. The van der Waals surface area contributed by atoms with Gasteiger partial charge in [-0.1, -0.05) is 0 Å². The number of piperazine rings is 1. The Hall–Kier alpha value is -2.19. The molecule has 8 heteroatoms. The van der Waals surface area contributed by atoms with Crippen LogP contribution < -0.4 is 4.90 Å². The van der Waals surface area contributed by atoms with Gasteiger partial charge in [-0.15, -0.1) is 0 Å². The molecule has 0 aliphatic carbocycles. The molecule has 1 atom stereocenters. The first-order valence-corrected chi connectivity index (χ1v) is 9.92. The zero-order valence-electron chi connectivity index (χ0n) is 16.3. The fourth-order valence-corrected chi connectivity index (χ4v) is 4.21. The molecule has 2 aromatic rings. The minimum atomic E-state index is -0.00117. The third-order valence-corrected chi connectivity index (χ3v) is 5.77. The number of piperidine rings is 1. The highest BCUT2D eigenvalue weighted by atomic mass is 16.2. The molecule has 1 unspecified atom stereocenters. The molecule has 0 saturated carbocycles. The molecule has 4 heterocycles. The van der Waals surface area contributed by atoms with Gasteiger partial charge in [0.05, 0.1) is 24.5 Å². The van der Waals surface area contributed by atoms with Gasteiger partial charge in [0.2, 0.25) is 5.91 Å². The van der Waals surface area contributed by atoms with Gasteiger partial charge in [0.15, 0.2) is 0 Å². The topological polar surface area (TPSA) is 62.4 Å². The number of nitrogens with zero attached hydrogens (tertiary/aromatic N) is 7. The standard InChI is InChI=1S/C19H29N7O/c1-3-24-8-6-20-18(24)15-23-9-11-25(12-10-23)17-5-4-7-26(19(17)27)16-13-21-22(2)14-16/h6,8,13-14,17H,3-5,7,9-12,15H2,1-2H3. The second-order valence-electron chi connectivity index (χ2n) is 7.46. The van der Waals surface area contributed by atoms with E-state index in [1.54, 1.807) is 10.9 Å². The lowest BCUT2D eigenvalue weighted by molar-refractivity contribution is -0.126. The van der Waals surface area contributed by atoms with Crippen molar-refractivity contribution in [1.82, 2.24) is 29.1 Å². The molecule has 0 N–H and O–H groups in total. The first-order valence-electron chi connectivity index (χ1n) is 9.92. The summed E-state index contributed by atoms with van der Waals surface area (Å²) < 4.78 is 3.95. The molecule has 2 saturated heterocycles. The molecule has 0 bridgehead atoms. The van der Waals surface area contributed by atoms with E-state index in [9.17, 15) is 4.79 Å². The Balaban J connectivity index is 1.35. The van der Waals surface area contributed by atoms with E-state index < -0.39 is 0 Å². The van der Waals surface area contributed by atoms with Gasteiger partial charge in [0.1, 0.15) is 5.82 Å². The summed E-state index contributed by atoms with van der Waals surface area (Å²) in [5.41, 5.74) is 0.914. The molecule has 2 aliphatic heterocycles. The van der Waals surface area contributed by atoms with Crippen molar-refractivity contribution in [3.05, 3.63) is 30.6 Å². The first kappa shape index (κ1) is 18.2. The summed E-state index contributed by atoms with van der Waals surface area (Å²) in [6.45, 7) is 8.60. The SMILES string of the molecule is CCn1ccnc1CN1CCN(C2CCCN(c3cnn(C)c3)C2=O)CC1. The van der Waals surface area contributed by atoms with Crippen molar-refractivity contribution >= 4 is 11.6 Å². The maximum Gasteiger partial charge on any atom is 0.244 e. The predicted octanol–water partition coefficient (Wildman–Crippen LogP) is 0.950. The Bertz CT molecular complexity index is 775. The minimum Gasteiger partial charge on any atom is -0.334 e. The molecule has 2 aromatic heterocycles. The second kappa shape index (κ2) is 7.82. The zero-order valence-corrected chi connectivity index (χ0v) is 16.3. The summed E-state index contributed by atoms with van der Waals surface area (Å²) in [5, 5.41) is 4.22. The quantitative estimate of drug-likeness (QED) is 0.783. The van der Waals surface area contributed by atoms with Crippen LogP contribution in [0.2, 0.25) is 0 Å². The number of carbonyl (C=O) groups excluding carboxylic acids is 1. The summed E-state index contributed by atoms with van der Waals surface area (Å²) >= 11 is 0. The lowest BCUT2D eigenvalue weighted by Crippen LogP contribution is -2.57. The van der Waals surface area contributed by atoms with Gasteiger partial charge in [-0.2, -0.15) is 5.10 Å². The van der Waals surface area contributed by atoms with Crippen LogP contribution in [0.4, 0.5) is 5.69 Å². The number of anilines is 1. The molecule has 146 valence electrons. The van der Waals surface area contributed by atoms with Crippen LogP contribution in [0, 0.1) is 0 Å². The molecular weight excluding hydrogens is 342 g/mol. The number of rotatable bonds is 5. The number of hydrogen-bond donors (Lipinski definition) is 0. The van der Waals surface area contributed by atoms with Crippen LogP contribution in [-0.2, 0) is 24.9 Å². The molecule has 0 radical (unpaired) electrons. The van der Waals surface area contributed by atoms with Crippen molar-refractivity contribution in [2.75, 3.05) is 37.6 Å². The third kappa shape index (κ3) is 3.77. The molecule has 0 spiro atoms. The van der Waals surface area contributed by atoms with E-state index in [0.717, 1.165) is 70.2 Å². The summed E-state index contributed by atoms with van der Waals surface area (Å²) in [5.74, 6) is 1.35. The van der Waals surface area contributed by atoms with E-state index in [-0.39, 0.29) is 11.9 Å². The van der Waals surface area contributed by atoms with Gasteiger partial charge >= 0.3 is 0 Å². The van der Waals surface area contributed by atoms with Crippen LogP contribution in [0.3, 0.4) is 0 Å². The average molecular weight is 371 g/mol. The van der Waals surface area contributed by atoms with Crippen molar-refractivity contribution in [3.8, 4) is 0 Å². The van der Waals surface area contributed by atoms with Crippen LogP contribution in [-0.4, -0.2) is 73.8 Å². The van der Waals surface area contributed by atoms with E-state index in [1.807, 2.05) is 30.5 Å².